The lowest BCUT2D eigenvalue weighted by atomic mass is 10.2. The molecule has 0 unspecified atom stereocenters. The summed E-state index contributed by atoms with van der Waals surface area (Å²) < 4.78 is 30.3. The van der Waals surface area contributed by atoms with Gasteiger partial charge in [0.2, 0.25) is 0 Å². The van der Waals surface area contributed by atoms with E-state index in [9.17, 15) is 8.42 Å². The van der Waals surface area contributed by atoms with Gasteiger partial charge in [-0.15, -0.1) is 0 Å². The van der Waals surface area contributed by atoms with Crippen LogP contribution in [0.3, 0.4) is 0 Å². The zero-order chi connectivity index (χ0) is 16.3. The molecule has 1 aromatic heterocycles. The van der Waals surface area contributed by atoms with E-state index in [1.165, 1.54) is 8.61 Å². The summed E-state index contributed by atoms with van der Waals surface area (Å²) in [5.74, 6) is 0. The van der Waals surface area contributed by atoms with Crippen molar-refractivity contribution in [3.63, 3.8) is 0 Å². The molecule has 0 saturated carbocycles. The molecule has 2 rings (SSSR count). The molecule has 0 N–H and O–H groups in total. The minimum absolute atomic E-state index is 0.288. The minimum atomic E-state index is -3.53. The lowest BCUT2D eigenvalue weighted by Gasteiger charge is -2.24. The maximum absolute atomic E-state index is 12.6. The van der Waals surface area contributed by atoms with E-state index in [-0.39, 0.29) is 6.54 Å². The number of nitrogens with zero attached hydrogens (tertiary/aromatic N) is 4. The van der Waals surface area contributed by atoms with Crippen LogP contribution in [0, 0.1) is 0 Å². The first-order chi connectivity index (χ1) is 10.3. The van der Waals surface area contributed by atoms with Crippen LogP contribution in [-0.4, -0.2) is 40.9 Å². The summed E-state index contributed by atoms with van der Waals surface area (Å²) in [6, 6.07) is 7.59. The summed E-state index contributed by atoms with van der Waals surface area (Å²) in [5, 5.41) is 4.05. The molecule has 22 heavy (non-hydrogen) atoms. The quantitative estimate of drug-likeness (QED) is 0.762. The molecule has 1 aromatic carbocycles. The van der Waals surface area contributed by atoms with E-state index in [4.69, 9.17) is 0 Å². The van der Waals surface area contributed by atoms with Crippen LogP contribution in [0.5, 0.6) is 0 Å². The normalized spacial score (nSPS) is 12.3. The predicted octanol–water partition coefficient (Wildman–Crippen LogP) is 1.99. The highest BCUT2D eigenvalue weighted by Gasteiger charge is 2.24. The fourth-order valence-electron chi connectivity index (χ4n) is 2.08. The Bertz CT molecular complexity index is 745. The molecule has 0 aliphatic rings. The number of rotatable bonds is 6. The molecule has 0 radical (unpaired) electrons. The molecule has 0 aliphatic heterocycles. The monoisotopic (exact) mass is 386 g/mol. The summed E-state index contributed by atoms with van der Waals surface area (Å²) in [7, 11) is 1.41. The van der Waals surface area contributed by atoms with Gasteiger partial charge in [-0.05, 0) is 11.6 Å². The van der Waals surface area contributed by atoms with Crippen LogP contribution < -0.4 is 0 Å². The van der Waals surface area contributed by atoms with Gasteiger partial charge in [-0.3, -0.25) is 4.68 Å². The van der Waals surface area contributed by atoms with E-state index in [0.29, 0.717) is 6.54 Å². The SMILES string of the molecule is CN(Cc1cnn(C)c1)S(=O)(=O)N(C)Cc1ccccc1Br. The van der Waals surface area contributed by atoms with Gasteiger partial charge in [0, 0.05) is 50.5 Å². The number of hydrogen-bond donors (Lipinski definition) is 0. The minimum Gasteiger partial charge on any atom is -0.275 e. The van der Waals surface area contributed by atoms with E-state index < -0.39 is 10.2 Å². The number of halogens is 1. The van der Waals surface area contributed by atoms with E-state index in [2.05, 4.69) is 21.0 Å². The summed E-state index contributed by atoms with van der Waals surface area (Å²) in [6.07, 6.45) is 3.47. The highest BCUT2D eigenvalue weighted by molar-refractivity contribution is 9.10. The Kier molecular flexibility index (Phi) is 5.38. The highest BCUT2D eigenvalue weighted by atomic mass is 79.9. The van der Waals surface area contributed by atoms with Crippen molar-refractivity contribution < 1.29 is 8.42 Å². The third-order valence-corrected chi connectivity index (χ3v) is 5.91. The van der Waals surface area contributed by atoms with Crippen LogP contribution in [0.1, 0.15) is 11.1 Å². The van der Waals surface area contributed by atoms with Gasteiger partial charge in [-0.25, -0.2) is 0 Å². The fourth-order valence-corrected chi connectivity index (χ4v) is 3.58. The molecule has 0 atom stereocenters. The van der Waals surface area contributed by atoms with Gasteiger partial charge >= 0.3 is 0 Å². The molecule has 0 saturated heterocycles. The number of aryl methyl sites for hydroxylation is 1. The Hall–Kier alpha value is -1.22. The predicted molar refractivity (Wildman–Crippen MR) is 89.2 cm³/mol. The van der Waals surface area contributed by atoms with Crippen LogP contribution >= 0.6 is 15.9 Å². The van der Waals surface area contributed by atoms with Gasteiger partial charge in [-0.1, -0.05) is 34.1 Å². The Morgan fingerprint density at radius 2 is 1.82 bits per heavy atom. The molecule has 0 aliphatic carbocycles. The first-order valence-corrected chi connectivity index (χ1v) is 8.88. The third kappa shape index (κ3) is 3.95. The molecule has 120 valence electrons. The van der Waals surface area contributed by atoms with Crippen LogP contribution in [0.4, 0.5) is 0 Å². The van der Waals surface area contributed by atoms with Gasteiger partial charge in [0.1, 0.15) is 0 Å². The average molecular weight is 387 g/mol. The molecule has 0 bridgehead atoms. The largest absolute Gasteiger partial charge is 0.282 e. The summed E-state index contributed by atoms with van der Waals surface area (Å²) in [4.78, 5) is 0. The van der Waals surface area contributed by atoms with Crippen molar-refractivity contribution in [2.24, 2.45) is 7.05 Å². The van der Waals surface area contributed by atoms with Crippen LogP contribution in [-0.2, 0) is 30.3 Å². The van der Waals surface area contributed by atoms with Crippen molar-refractivity contribution >= 4 is 26.1 Å². The fraction of sp³-hybridized carbons (Fsp3) is 0.357. The van der Waals surface area contributed by atoms with Gasteiger partial charge in [0.15, 0.2) is 0 Å². The maximum Gasteiger partial charge on any atom is 0.282 e. The summed E-state index contributed by atoms with van der Waals surface area (Å²) in [6.45, 7) is 0.595. The lowest BCUT2D eigenvalue weighted by Crippen LogP contribution is -2.38. The van der Waals surface area contributed by atoms with Gasteiger partial charge in [0.05, 0.1) is 6.20 Å². The van der Waals surface area contributed by atoms with Gasteiger partial charge in [-0.2, -0.15) is 22.1 Å². The number of aromatic nitrogens is 2. The molecule has 6 nitrogen and oxygen atoms in total. The molecule has 2 aromatic rings. The molecular weight excluding hydrogens is 368 g/mol. The van der Waals surface area contributed by atoms with E-state index in [1.54, 1.807) is 38.2 Å². The number of benzene rings is 1. The van der Waals surface area contributed by atoms with E-state index in [0.717, 1.165) is 15.6 Å². The Morgan fingerprint density at radius 3 is 2.41 bits per heavy atom. The summed E-state index contributed by atoms with van der Waals surface area (Å²) >= 11 is 3.44. The molecular formula is C14H19BrN4O2S. The second-order valence-electron chi connectivity index (χ2n) is 5.13. The smallest absolute Gasteiger partial charge is 0.275 e. The van der Waals surface area contributed by atoms with Crippen molar-refractivity contribution in [1.82, 2.24) is 18.4 Å². The van der Waals surface area contributed by atoms with Crippen LogP contribution in [0.15, 0.2) is 41.1 Å². The van der Waals surface area contributed by atoms with Crippen molar-refractivity contribution in [3.05, 3.63) is 52.3 Å². The molecule has 0 spiro atoms. The molecule has 1 heterocycles. The second kappa shape index (κ2) is 6.91. The van der Waals surface area contributed by atoms with E-state index >= 15 is 0 Å². The van der Waals surface area contributed by atoms with Gasteiger partial charge < -0.3 is 0 Å². The standard InChI is InChI=1S/C14H19BrN4O2S/c1-17-9-12(8-16-17)10-18(2)22(20,21)19(3)11-13-6-4-5-7-14(13)15/h4-9H,10-11H2,1-3H3. The first-order valence-electron chi connectivity index (χ1n) is 6.69. The lowest BCUT2D eigenvalue weighted by molar-refractivity contribution is 0.386. The Labute approximate surface area is 139 Å². The zero-order valence-corrected chi connectivity index (χ0v) is 15.2. The summed E-state index contributed by atoms with van der Waals surface area (Å²) in [5.41, 5.74) is 1.77. The van der Waals surface area contributed by atoms with Crippen molar-refractivity contribution in [3.8, 4) is 0 Å². The maximum atomic E-state index is 12.6. The zero-order valence-electron chi connectivity index (χ0n) is 12.8. The number of hydrogen-bond acceptors (Lipinski definition) is 3. The first kappa shape index (κ1) is 17.1. The molecule has 8 heteroatoms. The van der Waals surface area contributed by atoms with Gasteiger partial charge in [0.25, 0.3) is 10.2 Å². The average Bonchev–Trinajstić information content (AvgIpc) is 2.86. The topological polar surface area (TPSA) is 58.4 Å². The molecule has 0 amide bonds. The van der Waals surface area contributed by atoms with Crippen LogP contribution in [0.2, 0.25) is 0 Å². The second-order valence-corrected chi connectivity index (χ2v) is 8.13. The van der Waals surface area contributed by atoms with Crippen molar-refractivity contribution in [1.29, 1.82) is 0 Å². The molecule has 0 fully saturated rings. The third-order valence-electron chi connectivity index (χ3n) is 3.30. The van der Waals surface area contributed by atoms with E-state index in [1.807, 2.05) is 24.3 Å². The Balaban J connectivity index is 2.09. The highest BCUT2D eigenvalue weighted by Crippen LogP contribution is 2.19. The van der Waals surface area contributed by atoms with Crippen molar-refractivity contribution in [2.45, 2.75) is 13.1 Å². The van der Waals surface area contributed by atoms with Crippen LogP contribution in [0.25, 0.3) is 0 Å². The Morgan fingerprint density at radius 1 is 1.18 bits per heavy atom. The van der Waals surface area contributed by atoms with Crippen molar-refractivity contribution in [2.75, 3.05) is 14.1 Å².